The molecule has 0 aliphatic carbocycles. The predicted octanol–water partition coefficient (Wildman–Crippen LogP) is 2.53. The molecule has 2 aromatic carbocycles. The number of hydrogen-bond donors (Lipinski definition) is 2. The molecule has 0 unspecified atom stereocenters. The zero-order valence-electron chi connectivity index (χ0n) is 14.2. The van der Waals surface area contributed by atoms with Crippen molar-refractivity contribution in [3.8, 4) is 0 Å². The van der Waals surface area contributed by atoms with E-state index >= 15 is 0 Å². The van der Waals surface area contributed by atoms with Gasteiger partial charge in [0.05, 0.1) is 42.1 Å². The molecule has 26 heavy (non-hydrogen) atoms. The summed E-state index contributed by atoms with van der Waals surface area (Å²) < 4.78 is 15.0. The van der Waals surface area contributed by atoms with Crippen LogP contribution >= 0.6 is 23.6 Å². The van der Waals surface area contributed by atoms with Crippen molar-refractivity contribution < 1.29 is 9.29 Å². The van der Waals surface area contributed by atoms with Crippen LogP contribution in [0.25, 0.3) is 10.2 Å². The van der Waals surface area contributed by atoms with Gasteiger partial charge in [0, 0.05) is 0 Å². The third-order valence-corrected chi connectivity index (χ3v) is 6.01. The summed E-state index contributed by atoms with van der Waals surface area (Å²) in [7, 11) is 0. The van der Waals surface area contributed by atoms with Gasteiger partial charge < -0.3 is 15.1 Å². The molecule has 1 aliphatic rings. The van der Waals surface area contributed by atoms with E-state index in [1.807, 2.05) is 6.07 Å². The second kappa shape index (κ2) is 7.65. The zero-order valence-corrected chi connectivity index (χ0v) is 15.9. The molecule has 1 aromatic heterocycles. The van der Waals surface area contributed by atoms with E-state index < -0.39 is 0 Å². The maximum Gasteiger partial charge on any atom is 0.173 e. The fourth-order valence-electron chi connectivity index (χ4n) is 3.17. The highest BCUT2D eigenvalue weighted by Gasteiger charge is 2.23. The first-order valence-corrected chi connectivity index (χ1v) is 9.90. The van der Waals surface area contributed by atoms with Crippen molar-refractivity contribution in [2.45, 2.75) is 6.54 Å². The second-order valence-electron chi connectivity index (χ2n) is 6.40. The summed E-state index contributed by atoms with van der Waals surface area (Å²) in [5.74, 6) is -0.282. The molecule has 7 heteroatoms. The molecule has 4 rings (SSSR count). The number of piperazine rings is 1. The highest BCUT2D eigenvalue weighted by Crippen LogP contribution is 2.20. The summed E-state index contributed by atoms with van der Waals surface area (Å²) in [6, 6.07) is 14.9. The van der Waals surface area contributed by atoms with E-state index in [1.54, 1.807) is 29.5 Å². The van der Waals surface area contributed by atoms with Crippen LogP contribution in [0.5, 0.6) is 0 Å². The summed E-state index contributed by atoms with van der Waals surface area (Å²) in [5.41, 5.74) is 1.52. The number of nitrogens with one attached hydrogen (secondary N) is 2. The average Bonchev–Trinajstić information content (AvgIpc) is 3.06. The number of anilines is 1. The van der Waals surface area contributed by atoms with Crippen LogP contribution < -0.4 is 10.2 Å². The summed E-state index contributed by atoms with van der Waals surface area (Å²) in [5, 5.41) is 4.80. The number of para-hydroxylation sites is 2. The minimum atomic E-state index is -0.282. The van der Waals surface area contributed by atoms with Crippen LogP contribution in [0.15, 0.2) is 48.5 Å². The van der Waals surface area contributed by atoms with E-state index in [1.165, 1.54) is 20.7 Å². The van der Waals surface area contributed by atoms with Gasteiger partial charge in [-0.3, -0.25) is 0 Å². The quantitative estimate of drug-likeness (QED) is 0.677. The molecule has 0 atom stereocenters. The lowest BCUT2D eigenvalue weighted by atomic mass is 10.3. The number of halogens is 1. The van der Waals surface area contributed by atoms with Crippen molar-refractivity contribution in [1.82, 2.24) is 9.88 Å². The second-order valence-corrected chi connectivity index (χ2v) is 7.90. The maximum absolute atomic E-state index is 13.8. The smallest absolute Gasteiger partial charge is 0.173 e. The number of thiazole rings is 1. The minimum Gasteiger partial charge on any atom is -0.338 e. The molecule has 4 nitrogen and oxygen atoms in total. The monoisotopic (exact) mass is 387 g/mol. The number of rotatable bonds is 3. The lowest BCUT2D eigenvalue weighted by molar-refractivity contribution is -0.917. The maximum atomic E-state index is 13.8. The molecule has 2 N–H and O–H groups in total. The van der Waals surface area contributed by atoms with Crippen LogP contribution in [-0.2, 0) is 6.54 Å². The fraction of sp³-hybridized carbons (Fsp3) is 0.263. The van der Waals surface area contributed by atoms with Gasteiger partial charge in [-0.15, -0.1) is 11.3 Å². The van der Waals surface area contributed by atoms with Gasteiger partial charge in [0.1, 0.15) is 17.4 Å². The Morgan fingerprint density at radius 1 is 1.15 bits per heavy atom. The summed E-state index contributed by atoms with van der Waals surface area (Å²) in [4.78, 5) is 8.35. The van der Waals surface area contributed by atoms with Crippen LogP contribution in [-0.4, -0.2) is 41.2 Å². The van der Waals surface area contributed by atoms with Crippen molar-refractivity contribution in [3.63, 3.8) is 0 Å². The molecule has 0 bridgehead atoms. The highest BCUT2D eigenvalue weighted by molar-refractivity contribution is 7.80. The van der Waals surface area contributed by atoms with Gasteiger partial charge in [0.15, 0.2) is 5.11 Å². The third-order valence-electron chi connectivity index (χ3n) is 4.61. The third kappa shape index (κ3) is 3.85. The number of quaternary nitrogens is 1. The van der Waals surface area contributed by atoms with E-state index in [2.05, 4.69) is 28.4 Å². The van der Waals surface area contributed by atoms with Crippen molar-refractivity contribution in [3.05, 3.63) is 59.4 Å². The topological polar surface area (TPSA) is 32.6 Å². The summed E-state index contributed by atoms with van der Waals surface area (Å²) >= 11 is 7.23. The Bertz CT molecular complexity index is 886. The normalized spacial score (nSPS) is 15.3. The van der Waals surface area contributed by atoms with Crippen LogP contribution in [0, 0.1) is 5.82 Å². The number of fused-ring (bicyclic) bond motifs is 1. The minimum absolute atomic E-state index is 0.282. The largest absolute Gasteiger partial charge is 0.338 e. The van der Waals surface area contributed by atoms with Crippen LogP contribution in [0.4, 0.5) is 10.1 Å². The first kappa shape index (κ1) is 17.3. The Hall–Kier alpha value is -2.09. The van der Waals surface area contributed by atoms with Gasteiger partial charge in [-0.2, -0.15) is 0 Å². The van der Waals surface area contributed by atoms with Crippen LogP contribution in [0.2, 0.25) is 0 Å². The SMILES string of the molecule is Fc1ccccc1NC(=S)N1CC[NH+](Cc2nc3ccccc3s2)CC1. The van der Waals surface area contributed by atoms with Gasteiger partial charge in [-0.1, -0.05) is 24.3 Å². The van der Waals surface area contributed by atoms with Crippen LogP contribution in [0.3, 0.4) is 0 Å². The van der Waals surface area contributed by atoms with Crippen molar-refractivity contribution in [1.29, 1.82) is 0 Å². The first-order chi connectivity index (χ1) is 12.7. The van der Waals surface area contributed by atoms with E-state index in [9.17, 15) is 4.39 Å². The summed E-state index contributed by atoms with van der Waals surface area (Å²) in [6.07, 6.45) is 0. The first-order valence-electron chi connectivity index (χ1n) is 8.67. The van der Waals surface area contributed by atoms with Gasteiger partial charge >= 0.3 is 0 Å². The number of nitrogens with zero attached hydrogens (tertiary/aromatic N) is 2. The molecule has 134 valence electrons. The molecule has 1 saturated heterocycles. The average molecular weight is 388 g/mol. The van der Waals surface area contributed by atoms with E-state index in [-0.39, 0.29) is 5.82 Å². The molecule has 0 spiro atoms. The van der Waals surface area contributed by atoms with Crippen molar-refractivity contribution in [2.75, 3.05) is 31.5 Å². The Morgan fingerprint density at radius 3 is 2.65 bits per heavy atom. The number of thiocarbonyl (C=S) groups is 1. The Labute approximate surface area is 161 Å². The van der Waals surface area contributed by atoms with E-state index in [0.717, 1.165) is 38.2 Å². The number of benzene rings is 2. The van der Waals surface area contributed by atoms with Crippen LogP contribution in [0.1, 0.15) is 5.01 Å². The molecule has 1 aliphatic heterocycles. The van der Waals surface area contributed by atoms with Gasteiger partial charge in [0.25, 0.3) is 0 Å². The molecule has 0 radical (unpaired) electrons. The molecule has 0 amide bonds. The number of aromatic nitrogens is 1. The molecule has 2 heterocycles. The highest BCUT2D eigenvalue weighted by atomic mass is 32.1. The van der Waals surface area contributed by atoms with E-state index in [0.29, 0.717) is 10.8 Å². The fourth-order valence-corrected chi connectivity index (χ4v) is 4.50. The van der Waals surface area contributed by atoms with Crippen molar-refractivity contribution in [2.24, 2.45) is 0 Å². The zero-order chi connectivity index (χ0) is 17.9. The van der Waals surface area contributed by atoms with Gasteiger partial charge in [0.2, 0.25) is 0 Å². The Kier molecular flexibility index (Phi) is 5.10. The Balaban J connectivity index is 1.32. The lowest BCUT2D eigenvalue weighted by Gasteiger charge is -2.33. The standard InChI is InChI=1S/C19H19FN4S2/c20-14-5-1-2-6-15(14)22-19(25)24-11-9-23(10-12-24)13-18-21-16-7-3-4-8-17(16)26-18/h1-8H,9-13H2,(H,22,25)/p+1. The molecular formula is C19H20FN4S2+. The molecule has 0 saturated carbocycles. The molecular weight excluding hydrogens is 367 g/mol. The molecule has 3 aromatic rings. The van der Waals surface area contributed by atoms with Gasteiger partial charge in [-0.05, 0) is 36.5 Å². The number of hydrogen-bond acceptors (Lipinski definition) is 3. The van der Waals surface area contributed by atoms with Crippen molar-refractivity contribution >= 4 is 44.6 Å². The lowest BCUT2D eigenvalue weighted by Crippen LogP contribution is -3.13. The van der Waals surface area contributed by atoms with Gasteiger partial charge in [-0.25, -0.2) is 9.37 Å². The summed E-state index contributed by atoms with van der Waals surface area (Å²) in [6.45, 7) is 4.66. The predicted molar refractivity (Wildman–Crippen MR) is 108 cm³/mol. The van der Waals surface area contributed by atoms with E-state index in [4.69, 9.17) is 17.2 Å². The molecule has 1 fully saturated rings. The Morgan fingerprint density at radius 2 is 1.88 bits per heavy atom.